The van der Waals surface area contributed by atoms with Crippen LogP contribution in [0.5, 0.6) is 0 Å². The summed E-state index contributed by atoms with van der Waals surface area (Å²) in [6.07, 6.45) is 68.7. The van der Waals surface area contributed by atoms with E-state index in [0.717, 1.165) is 38.5 Å². The second kappa shape index (κ2) is 57.9. The Hall–Kier alpha value is -1.33. The molecule has 9 heteroatoms. The molecule has 0 radical (unpaired) electrons. The first-order valence-electron chi connectivity index (χ1n) is 34.1. The molecule has 0 spiro atoms. The Morgan fingerprint density at radius 2 is 0.727 bits per heavy atom. The molecule has 0 aromatic rings. The van der Waals surface area contributed by atoms with E-state index in [1.54, 1.807) is 6.08 Å². The highest BCUT2D eigenvalue weighted by Crippen LogP contribution is 2.23. The number of amides is 1. The molecule has 6 N–H and O–H groups in total. The summed E-state index contributed by atoms with van der Waals surface area (Å²) in [7, 11) is 0. The Balaban J connectivity index is 2.03. The van der Waals surface area contributed by atoms with Gasteiger partial charge in [0.25, 0.3) is 0 Å². The van der Waals surface area contributed by atoms with Crippen molar-refractivity contribution in [3.05, 3.63) is 24.3 Å². The molecule has 77 heavy (non-hydrogen) atoms. The molecule has 0 aromatic heterocycles. The first kappa shape index (κ1) is 73.7. The highest BCUT2D eigenvalue weighted by molar-refractivity contribution is 5.76. The van der Waals surface area contributed by atoms with Crippen molar-refractivity contribution in [2.24, 2.45) is 0 Å². The van der Waals surface area contributed by atoms with Crippen LogP contribution in [0.2, 0.25) is 0 Å². The molecule has 1 aliphatic rings. The molecular formula is C68H131NO8. The van der Waals surface area contributed by atoms with E-state index in [1.807, 2.05) is 6.08 Å². The summed E-state index contributed by atoms with van der Waals surface area (Å²) in [5, 5.41) is 54.6. The van der Waals surface area contributed by atoms with Crippen molar-refractivity contribution in [2.75, 3.05) is 13.2 Å². The van der Waals surface area contributed by atoms with Gasteiger partial charge in [0, 0.05) is 6.42 Å². The van der Waals surface area contributed by atoms with E-state index in [1.165, 1.54) is 289 Å². The van der Waals surface area contributed by atoms with Crippen LogP contribution in [0, 0.1) is 0 Å². The second-order valence-corrected chi connectivity index (χ2v) is 24.0. The number of aliphatic hydroxyl groups excluding tert-OH is 5. The number of hydrogen-bond acceptors (Lipinski definition) is 8. The van der Waals surface area contributed by atoms with Gasteiger partial charge in [0.05, 0.1) is 25.4 Å². The summed E-state index contributed by atoms with van der Waals surface area (Å²) < 4.78 is 11.3. The molecule has 7 unspecified atom stereocenters. The summed E-state index contributed by atoms with van der Waals surface area (Å²) in [6.45, 7) is 3.82. The van der Waals surface area contributed by atoms with Crippen LogP contribution in [0.3, 0.4) is 0 Å². The molecule has 1 aliphatic heterocycles. The fourth-order valence-corrected chi connectivity index (χ4v) is 11.2. The maximum atomic E-state index is 13.1. The standard InChI is InChI=1S/C68H131NO8/c1-3-5-7-9-11-13-15-17-19-20-21-22-23-24-25-26-27-28-29-30-31-32-33-34-35-36-37-38-39-40-41-42-44-46-48-50-52-54-56-58-64(72)69-61(60-76-68-67(75)66(74)65(73)63(59-70)77-68)62(71)57-55-53-51-49-47-45-43-18-16-14-12-10-8-6-4-2/h30-31,55,57,61-63,65-68,70-71,73-75H,3-29,32-54,56,58-60H2,1-2H3,(H,69,72)/b31-30-,57-55+. The Kier molecular flexibility index (Phi) is 55.4. The lowest BCUT2D eigenvalue weighted by atomic mass is 9.99. The van der Waals surface area contributed by atoms with Crippen LogP contribution in [0.15, 0.2) is 24.3 Å². The number of rotatable bonds is 60. The molecule has 1 amide bonds. The van der Waals surface area contributed by atoms with Gasteiger partial charge < -0.3 is 40.3 Å². The Morgan fingerprint density at radius 3 is 1.05 bits per heavy atom. The van der Waals surface area contributed by atoms with E-state index >= 15 is 0 Å². The Labute approximate surface area is 477 Å². The third-order valence-electron chi connectivity index (χ3n) is 16.5. The summed E-state index contributed by atoms with van der Waals surface area (Å²) in [5.41, 5.74) is 0. The van der Waals surface area contributed by atoms with Crippen LogP contribution >= 0.6 is 0 Å². The number of carbonyl (C=O) groups is 1. The molecule has 0 saturated carbocycles. The number of ether oxygens (including phenoxy) is 2. The average Bonchev–Trinajstić information content (AvgIpc) is 3.43. The Bertz CT molecular complexity index is 1260. The number of nitrogens with one attached hydrogen (secondary N) is 1. The molecule has 1 saturated heterocycles. The summed E-state index contributed by atoms with van der Waals surface area (Å²) in [6, 6.07) is -0.802. The van der Waals surface area contributed by atoms with Gasteiger partial charge in [-0.3, -0.25) is 4.79 Å². The highest BCUT2D eigenvalue weighted by atomic mass is 16.7. The fraction of sp³-hybridized carbons (Fsp3) is 0.926. The topological polar surface area (TPSA) is 149 Å². The van der Waals surface area contributed by atoms with E-state index < -0.39 is 49.5 Å². The van der Waals surface area contributed by atoms with E-state index in [0.29, 0.717) is 6.42 Å². The molecule has 7 atom stereocenters. The number of carbonyl (C=O) groups excluding carboxylic acids is 1. The maximum Gasteiger partial charge on any atom is 0.220 e. The average molecular weight is 1090 g/mol. The predicted octanol–water partition coefficient (Wildman–Crippen LogP) is 18.1. The summed E-state index contributed by atoms with van der Waals surface area (Å²) in [4.78, 5) is 13.1. The van der Waals surface area contributed by atoms with Crippen molar-refractivity contribution < 1.29 is 39.8 Å². The van der Waals surface area contributed by atoms with Gasteiger partial charge in [-0.05, 0) is 44.9 Å². The molecule has 1 fully saturated rings. The van der Waals surface area contributed by atoms with Gasteiger partial charge in [-0.25, -0.2) is 0 Å². The van der Waals surface area contributed by atoms with Gasteiger partial charge in [-0.2, -0.15) is 0 Å². The minimum absolute atomic E-state index is 0.171. The monoisotopic (exact) mass is 1090 g/mol. The zero-order valence-corrected chi connectivity index (χ0v) is 51.0. The largest absolute Gasteiger partial charge is 0.394 e. The van der Waals surface area contributed by atoms with Gasteiger partial charge in [-0.1, -0.05) is 321 Å². The van der Waals surface area contributed by atoms with Crippen molar-refractivity contribution in [3.8, 4) is 0 Å². The SMILES string of the molecule is CCCCCCCCCCCCCCC/C=C/C(O)C(COC1OC(CO)C(O)C(O)C1O)NC(=O)CCCCCCCCCCCCCCCCCCC/C=C\CCCCCCCCCCCCCCCCCCCC. The van der Waals surface area contributed by atoms with Gasteiger partial charge in [-0.15, -0.1) is 0 Å². The van der Waals surface area contributed by atoms with Gasteiger partial charge in [0.1, 0.15) is 24.4 Å². The Morgan fingerprint density at radius 1 is 0.429 bits per heavy atom. The zero-order chi connectivity index (χ0) is 55.8. The van der Waals surface area contributed by atoms with Crippen molar-refractivity contribution in [1.82, 2.24) is 5.32 Å². The molecule has 1 heterocycles. The normalized spacial score (nSPS) is 18.8. The number of aliphatic hydroxyl groups is 5. The summed E-state index contributed by atoms with van der Waals surface area (Å²) in [5.74, 6) is -0.171. The van der Waals surface area contributed by atoms with Crippen LogP contribution in [0.25, 0.3) is 0 Å². The molecular weight excluding hydrogens is 959 g/mol. The molecule has 0 bridgehead atoms. The van der Waals surface area contributed by atoms with Crippen LogP contribution in [0.1, 0.15) is 348 Å². The molecule has 1 rings (SSSR count). The summed E-state index contributed by atoms with van der Waals surface area (Å²) >= 11 is 0. The lowest BCUT2D eigenvalue weighted by Crippen LogP contribution is -2.60. The minimum atomic E-state index is -1.56. The zero-order valence-electron chi connectivity index (χ0n) is 51.0. The molecule has 0 aromatic carbocycles. The van der Waals surface area contributed by atoms with E-state index in [2.05, 4.69) is 31.3 Å². The third-order valence-corrected chi connectivity index (χ3v) is 16.5. The minimum Gasteiger partial charge on any atom is -0.394 e. The fourth-order valence-electron chi connectivity index (χ4n) is 11.2. The van der Waals surface area contributed by atoms with Crippen molar-refractivity contribution in [1.29, 1.82) is 0 Å². The van der Waals surface area contributed by atoms with Crippen LogP contribution in [0.4, 0.5) is 0 Å². The van der Waals surface area contributed by atoms with Gasteiger partial charge >= 0.3 is 0 Å². The molecule has 456 valence electrons. The van der Waals surface area contributed by atoms with E-state index in [9.17, 15) is 30.3 Å². The lowest BCUT2D eigenvalue weighted by Gasteiger charge is -2.40. The van der Waals surface area contributed by atoms with Crippen molar-refractivity contribution in [2.45, 2.75) is 391 Å². The van der Waals surface area contributed by atoms with Crippen LogP contribution in [-0.4, -0.2) is 87.5 Å². The molecule has 0 aliphatic carbocycles. The van der Waals surface area contributed by atoms with Gasteiger partial charge in [0.15, 0.2) is 6.29 Å². The predicted molar refractivity (Wildman–Crippen MR) is 327 cm³/mol. The first-order valence-corrected chi connectivity index (χ1v) is 34.1. The molecule has 9 nitrogen and oxygen atoms in total. The van der Waals surface area contributed by atoms with E-state index in [4.69, 9.17) is 9.47 Å². The van der Waals surface area contributed by atoms with Crippen molar-refractivity contribution in [3.63, 3.8) is 0 Å². The van der Waals surface area contributed by atoms with Crippen molar-refractivity contribution >= 4 is 5.91 Å². The van der Waals surface area contributed by atoms with Crippen LogP contribution < -0.4 is 5.32 Å². The van der Waals surface area contributed by atoms with Gasteiger partial charge in [0.2, 0.25) is 5.91 Å². The number of unbranched alkanes of at least 4 members (excludes halogenated alkanes) is 48. The first-order chi connectivity index (χ1) is 37.8. The third kappa shape index (κ3) is 46.9. The highest BCUT2D eigenvalue weighted by Gasteiger charge is 2.44. The smallest absolute Gasteiger partial charge is 0.220 e. The quantitative estimate of drug-likeness (QED) is 0.0261. The lowest BCUT2D eigenvalue weighted by molar-refractivity contribution is -0.302. The van der Waals surface area contributed by atoms with Crippen LogP contribution in [-0.2, 0) is 14.3 Å². The second-order valence-electron chi connectivity index (χ2n) is 24.0. The maximum absolute atomic E-state index is 13.1. The van der Waals surface area contributed by atoms with E-state index in [-0.39, 0.29) is 12.5 Å². The number of hydrogen-bond donors (Lipinski definition) is 6. The number of allylic oxidation sites excluding steroid dienone is 3.